The highest BCUT2D eigenvalue weighted by Gasteiger charge is 2.13. The molecule has 4 nitrogen and oxygen atoms in total. The number of nitrogens with one attached hydrogen (secondary N) is 1. The third kappa shape index (κ3) is 3.66. The number of hydrogen-bond donors (Lipinski definition) is 1. The van der Waals surface area contributed by atoms with Crippen molar-refractivity contribution >= 4 is 34.0 Å². The first-order valence-corrected chi connectivity index (χ1v) is 7.07. The monoisotopic (exact) mass is 386 g/mol. The average Bonchev–Trinajstić information content (AvgIpc) is 2.42. The van der Waals surface area contributed by atoms with E-state index in [2.05, 4.69) is 5.32 Å². The molecule has 2 rings (SSSR count). The van der Waals surface area contributed by atoms with E-state index in [0.717, 1.165) is 3.57 Å². The smallest absolute Gasteiger partial charge is 0.293 e. The number of hydrogen-bond acceptors (Lipinski definition) is 3. The fourth-order valence-electron chi connectivity index (χ4n) is 1.84. The van der Waals surface area contributed by atoms with Gasteiger partial charge in [-0.25, -0.2) is 4.39 Å². The number of rotatable bonds is 5. The van der Waals surface area contributed by atoms with Gasteiger partial charge >= 0.3 is 0 Å². The molecule has 0 saturated carbocycles. The van der Waals surface area contributed by atoms with E-state index >= 15 is 0 Å². The standard InChI is InChI=1S/C14H12FIN2O2/c15-12-4-2-1-3-10(12)7-8-17-13-6-5-11(16)9-14(13)18(19)20/h1-6,9,17H,7-8H2. The summed E-state index contributed by atoms with van der Waals surface area (Å²) in [5, 5.41) is 13.9. The lowest BCUT2D eigenvalue weighted by atomic mass is 10.1. The summed E-state index contributed by atoms with van der Waals surface area (Å²) in [6.45, 7) is 0.433. The Bertz CT molecular complexity index is 634. The van der Waals surface area contributed by atoms with Gasteiger partial charge in [0.05, 0.1) is 4.92 Å². The van der Waals surface area contributed by atoms with Crippen LogP contribution in [0.5, 0.6) is 0 Å². The Morgan fingerprint density at radius 3 is 2.70 bits per heavy atom. The lowest BCUT2D eigenvalue weighted by Gasteiger charge is -2.08. The summed E-state index contributed by atoms with van der Waals surface area (Å²) in [5.74, 6) is -0.258. The summed E-state index contributed by atoms with van der Waals surface area (Å²) in [7, 11) is 0. The first-order valence-electron chi connectivity index (χ1n) is 5.99. The van der Waals surface area contributed by atoms with E-state index in [9.17, 15) is 14.5 Å². The van der Waals surface area contributed by atoms with Crippen molar-refractivity contribution in [3.63, 3.8) is 0 Å². The number of anilines is 1. The fraction of sp³-hybridized carbons (Fsp3) is 0.143. The Morgan fingerprint density at radius 1 is 1.25 bits per heavy atom. The quantitative estimate of drug-likeness (QED) is 0.480. The van der Waals surface area contributed by atoms with Gasteiger partial charge < -0.3 is 5.32 Å². The maximum absolute atomic E-state index is 13.4. The second-order valence-electron chi connectivity index (χ2n) is 4.19. The molecule has 2 aromatic rings. The van der Waals surface area contributed by atoms with Crippen LogP contribution < -0.4 is 5.32 Å². The van der Waals surface area contributed by atoms with E-state index in [4.69, 9.17) is 0 Å². The molecule has 0 fully saturated rings. The average molecular weight is 386 g/mol. The molecule has 20 heavy (non-hydrogen) atoms. The van der Waals surface area contributed by atoms with Crippen LogP contribution in [0.4, 0.5) is 15.8 Å². The largest absolute Gasteiger partial charge is 0.379 e. The highest BCUT2D eigenvalue weighted by Crippen LogP contribution is 2.26. The highest BCUT2D eigenvalue weighted by molar-refractivity contribution is 14.1. The molecule has 0 aliphatic heterocycles. The third-order valence-corrected chi connectivity index (χ3v) is 3.50. The summed E-state index contributed by atoms with van der Waals surface area (Å²) < 4.78 is 14.2. The van der Waals surface area contributed by atoms with Crippen LogP contribution in [-0.2, 0) is 6.42 Å². The van der Waals surface area contributed by atoms with Gasteiger partial charge in [-0.3, -0.25) is 10.1 Å². The zero-order valence-corrected chi connectivity index (χ0v) is 12.6. The maximum Gasteiger partial charge on any atom is 0.293 e. The number of nitro groups is 1. The zero-order chi connectivity index (χ0) is 14.5. The van der Waals surface area contributed by atoms with Gasteiger partial charge in [0, 0.05) is 16.2 Å². The van der Waals surface area contributed by atoms with Crippen LogP contribution >= 0.6 is 22.6 Å². The molecular weight excluding hydrogens is 374 g/mol. The predicted molar refractivity (Wildman–Crippen MR) is 84.4 cm³/mol. The Hall–Kier alpha value is -1.70. The van der Waals surface area contributed by atoms with Gasteiger partial charge in [-0.05, 0) is 52.8 Å². The summed E-state index contributed by atoms with van der Waals surface area (Å²) >= 11 is 2.02. The molecule has 0 aliphatic carbocycles. The number of halogens is 2. The molecule has 0 amide bonds. The third-order valence-electron chi connectivity index (χ3n) is 2.82. The zero-order valence-electron chi connectivity index (χ0n) is 10.5. The predicted octanol–water partition coefficient (Wildman–Crippen LogP) is 3.99. The molecular formula is C14H12FIN2O2. The molecule has 0 radical (unpaired) electrons. The minimum Gasteiger partial charge on any atom is -0.379 e. The molecule has 1 N–H and O–H groups in total. The summed E-state index contributed by atoms with van der Waals surface area (Å²) in [4.78, 5) is 10.5. The Morgan fingerprint density at radius 2 is 2.00 bits per heavy atom. The summed E-state index contributed by atoms with van der Waals surface area (Å²) in [6, 6.07) is 11.5. The molecule has 104 valence electrons. The first-order chi connectivity index (χ1) is 9.58. The van der Waals surface area contributed by atoms with Crippen LogP contribution in [0, 0.1) is 19.5 Å². The van der Waals surface area contributed by atoms with Crippen LogP contribution in [-0.4, -0.2) is 11.5 Å². The number of nitro benzene ring substituents is 1. The maximum atomic E-state index is 13.4. The van der Waals surface area contributed by atoms with Crippen molar-refractivity contribution < 1.29 is 9.31 Å². The SMILES string of the molecule is O=[N+]([O-])c1cc(I)ccc1NCCc1ccccc1F. The van der Waals surface area contributed by atoms with E-state index in [1.165, 1.54) is 12.1 Å². The molecule has 0 saturated heterocycles. The van der Waals surface area contributed by atoms with Gasteiger partial charge in [-0.2, -0.15) is 0 Å². The molecule has 0 bridgehead atoms. The molecule has 0 aliphatic rings. The Balaban J connectivity index is 2.05. The minimum atomic E-state index is -0.423. The molecule has 0 atom stereocenters. The van der Waals surface area contributed by atoms with Crippen molar-refractivity contribution in [3.8, 4) is 0 Å². The normalized spacial score (nSPS) is 10.3. The van der Waals surface area contributed by atoms with Crippen LogP contribution in [0.1, 0.15) is 5.56 Å². The topological polar surface area (TPSA) is 55.2 Å². The van der Waals surface area contributed by atoms with Crippen molar-refractivity contribution in [1.29, 1.82) is 0 Å². The van der Waals surface area contributed by atoms with Gasteiger partial charge in [0.1, 0.15) is 11.5 Å². The number of nitrogens with zero attached hydrogens (tertiary/aromatic N) is 1. The first kappa shape index (κ1) is 14.7. The Kier molecular flexibility index (Phi) is 4.89. The van der Waals surface area contributed by atoms with E-state index in [1.807, 2.05) is 22.6 Å². The van der Waals surface area contributed by atoms with Crippen LogP contribution in [0.25, 0.3) is 0 Å². The van der Waals surface area contributed by atoms with E-state index < -0.39 is 4.92 Å². The van der Waals surface area contributed by atoms with Crippen LogP contribution in [0.2, 0.25) is 0 Å². The fourth-order valence-corrected chi connectivity index (χ4v) is 2.31. The lowest BCUT2D eigenvalue weighted by Crippen LogP contribution is -2.08. The van der Waals surface area contributed by atoms with Gasteiger partial charge in [-0.1, -0.05) is 18.2 Å². The van der Waals surface area contributed by atoms with Crippen LogP contribution in [0.15, 0.2) is 42.5 Å². The molecule has 0 heterocycles. The van der Waals surface area contributed by atoms with Crippen molar-refractivity contribution in [3.05, 3.63) is 67.5 Å². The Labute approximate surface area is 129 Å². The van der Waals surface area contributed by atoms with Crippen molar-refractivity contribution in [2.45, 2.75) is 6.42 Å². The van der Waals surface area contributed by atoms with Gasteiger partial charge in [0.2, 0.25) is 0 Å². The molecule has 2 aromatic carbocycles. The van der Waals surface area contributed by atoms with Crippen LogP contribution in [0.3, 0.4) is 0 Å². The van der Waals surface area contributed by atoms with Gasteiger partial charge in [0.15, 0.2) is 0 Å². The number of benzene rings is 2. The second kappa shape index (κ2) is 6.65. The van der Waals surface area contributed by atoms with Crippen molar-refractivity contribution in [1.82, 2.24) is 0 Å². The van der Waals surface area contributed by atoms with E-state index in [1.54, 1.807) is 30.3 Å². The highest BCUT2D eigenvalue weighted by atomic mass is 127. The molecule has 6 heteroatoms. The molecule has 0 spiro atoms. The van der Waals surface area contributed by atoms with Gasteiger partial charge in [-0.15, -0.1) is 0 Å². The molecule has 0 aromatic heterocycles. The summed E-state index contributed by atoms with van der Waals surface area (Å²) in [5.41, 5.74) is 1.07. The second-order valence-corrected chi connectivity index (χ2v) is 5.43. The van der Waals surface area contributed by atoms with Crippen molar-refractivity contribution in [2.24, 2.45) is 0 Å². The minimum absolute atomic E-state index is 0.0328. The molecule has 0 unspecified atom stereocenters. The van der Waals surface area contributed by atoms with E-state index in [-0.39, 0.29) is 11.5 Å². The van der Waals surface area contributed by atoms with E-state index in [0.29, 0.717) is 24.2 Å². The summed E-state index contributed by atoms with van der Waals surface area (Å²) in [6.07, 6.45) is 0.468. The lowest BCUT2D eigenvalue weighted by molar-refractivity contribution is -0.384. The van der Waals surface area contributed by atoms with Crippen molar-refractivity contribution in [2.75, 3.05) is 11.9 Å². The van der Waals surface area contributed by atoms with Gasteiger partial charge in [0.25, 0.3) is 5.69 Å².